The number of aromatic nitrogens is 3. The number of benzene rings is 3. The zero-order valence-electron chi connectivity index (χ0n) is 20.8. The number of hydrogen-bond donors (Lipinski definition) is 1. The van der Waals surface area contributed by atoms with E-state index in [1.165, 1.54) is 14.2 Å². The van der Waals surface area contributed by atoms with Crippen LogP contribution in [0.5, 0.6) is 11.5 Å². The van der Waals surface area contributed by atoms with Gasteiger partial charge in [-0.1, -0.05) is 11.8 Å². The molecule has 0 aliphatic rings. The van der Waals surface area contributed by atoms with Crippen LogP contribution in [-0.2, 0) is 17.1 Å². The molecule has 0 saturated heterocycles. The molecule has 3 aromatic carbocycles. The van der Waals surface area contributed by atoms with Gasteiger partial charge >= 0.3 is 12.4 Å². The summed E-state index contributed by atoms with van der Waals surface area (Å²) in [6.07, 6.45) is -10.1. The van der Waals surface area contributed by atoms with Gasteiger partial charge in [0, 0.05) is 16.9 Å². The number of nitrogens with zero attached hydrogens (tertiary/aromatic N) is 3. The first-order valence-corrected chi connectivity index (χ1v) is 12.3. The monoisotopic (exact) mass is 582 g/mol. The van der Waals surface area contributed by atoms with Gasteiger partial charge in [-0.3, -0.25) is 9.36 Å². The number of anilines is 1. The van der Waals surface area contributed by atoms with Crippen molar-refractivity contribution in [3.8, 4) is 28.6 Å². The Kier molecular flexibility index (Phi) is 8.28. The van der Waals surface area contributed by atoms with Crippen LogP contribution in [0.4, 0.5) is 32.0 Å². The number of thioether (sulfide) groups is 1. The van der Waals surface area contributed by atoms with Gasteiger partial charge in [0.15, 0.2) is 11.0 Å². The SMILES string of the molecule is COc1ccc(-c2nnc(SCC(=O)Nc3cc(C(F)(F)F)cc(C(F)(F)F)c3)n2-c2ccc(OC)cc2)cc1. The Morgan fingerprint density at radius 3 is 1.85 bits per heavy atom. The molecule has 40 heavy (non-hydrogen) atoms. The number of rotatable bonds is 8. The molecule has 0 fully saturated rings. The van der Waals surface area contributed by atoms with Crippen LogP contribution in [0.15, 0.2) is 71.9 Å². The van der Waals surface area contributed by atoms with Crippen LogP contribution in [0.3, 0.4) is 0 Å². The van der Waals surface area contributed by atoms with Crippen molar-refractivity contribution < 1.29 is 40.6 Å². The molecule has 1 aromatic heterocycles. The molecule has 0 saturated carbocycles. The highest BCUT2D eigenvalue weighted by atomic mass is 32.2. The van der Waals surface area contributed by atoms with E-state index in [9.17, 15) is 31.1 Å². The van der Waals surface area contributed by atoms with E-state index >= 15 is 0 Å². The molecule has 1 heterocycles. The van der Waals surface area contributed by atoms with Crippen molar-refractivity contribution in [1.82, 2.24) is 14.8 Å². The molecule has 210 valence electrons. The summed E-state index contributed by atoms with van der Waals surface area (Å²) >= 11 is 0.899. The molecule has 0 atom stereocenters. The molecule has 4 rings (SSSR count). The second kappa shape index (κ2) is 11.5. The number of carbonyl (C=O) groups excluding carboxylic acids is 1. The first kappa shape index (κ1) is 28.8. The minimum atomic E-state index is -5.04. The van der Waals surface area contributed by atoms with Crippen LogP contribution in [0.2, 0.25) is 0 Å². The average Bonchev–Trinajstić information content (AvgIpc) is 3.35. The predicted molar refractivity (Wildman–Crippen MR) is 136 cm³/mol. The Morgan fingerprint density at radius 1 is 0.825 bits per heavy atom. The highest BCUT2D eigenvalue weighted by Crippen LogP contribution is 2.38. The maximum Gasteiger partial charge on any atom is 0.416 e. The minimum Gasteiger partial charge on any atom is -0.497 e. The quantitative estimate of drug-likeness (QED) is 0.184. The van der Waals surface area contributed by atoms with Gasteiger partial charge in [-0.15, -0.1) is 10.2 Å². The number of nitrogens with one attached hydrogen (secondary N) is 1. The van der Waals surface area contributed by atoms with E-state index in [4.69, 9.17) is 9.47 Å². The van der Waals surface area contributed by atoms with E-state index in [1.807, 2.05) is 0 Å². The molecular formula is C26H20F6N4O3S. The average molecular weight is 583 g/mol. The number of alkyl halides is 6. The van der Waals surface area contributed by atoms with E-state index in [0.717, 1.165) is 11.8 Å². The number of ether oxygens (including phenoxy) is 2. The summed E-state index contributed by atoms with van der Waals surface area (Å²) in [6, 6.07) is 14.7. The van der Waals surface area contributed by atoms with Crippen LogP contribution in [0.25, 0.3) is 17.1 Å². The van der Waals surface area contributed by atoms with Gasteiger partial charge in [0.2, 0.25) is 5.91 Å². The molecule has 0 spiro atoms. The van der Waals surface area contributed by atoms with E-state index in [0.29, 0.717) is 40.7 Å². The summed E-state index contributed by atoms with van der Waals surface area (Å²) in [7, 11) is 3.04. The van der Waals surface area contributed by atoms with Crippen LogP contribution in [-0.4, -0.2) is 40.6 Å². The van der Waals surface area contributed by atoms with Crippen molar-refractivity contribution in [1.29, 1.82) is 0 Å². The van der Waals surface area contributed by atoms with E-state index < -0.39 is 35.1 Å². The molecule has 1 amide bonds. The Hall–Kier alpha value is -4.20. The fourth-order valence-electron chi connectivity index (χ4n) is 3.61. The van der Waals surface area contributed by atoms with Crippen LogP contribution in [0, 0.1) is 0 Å². The van der Waals surface area contributed by atoms with Crippen molar-refractivity contribution in [3.05, 3.63) is 77.9 Å². The normalized spacial score (nSPS) is 11.8. The summed E-state index contributed by atoms with van der Waals surface area (Å²) in [5, 5.41) is 10.8. The summed E-state index contributed by atoms with van der Waals surface area (Å²) < 4.78 is 91.0. The Labute approximate surface area is 228 Å². The molecular weight excluding hydrogens is 562 g/mol. The fraction of sp³-hybridized carbons (Fsp3) is 0.192. The van der Waals surface area contributed by atoms with Gasteiger partial charge in [0.1, 0.15) is 11.5 Å². The molecule has 4 aromatic rings. The summed E-state index contributed by atoms with van der Waals surface area (Å²) in [4.78, 5) is 12.6. The summed E-state index contributed by atoms with van der Waals surface area (Å²) in [6.45, 7) is 0. The molecule has 0 bridgehead atoms. The van der Waals surface area contributed by atoms with Crippen molar-refractivity contribution in [2.45, 2.75) is 17.5 Å². The third kappa shape index (κ3) is 6.68. The fourth-order valence-corrected chi connectivity index (χ4v) is 4.36. The largest absolute Gasteiger partial charge is 0.497 e. The maximum absolute atomic E-state index is 13.2. The van der Waals surface area contributed by atoms with Gasteiger partial charge in [-0.25, -0.2) is 0 Å². The lowest BCUT2D eigenvalue weighted by atomic mass is 10.1. The number of halogens is 6. The molecule has 0 unspecified atom stereocenters. The topological polar surface area (TPSA) is 78.3 Å². The second-order valence-corrected chi connectivity index (χ2v) is 9.14. The lowest BCUT2D eigenvalue weighted by Gasteiger charge is -2.15. The summed E-state index contributed by atoms with van der Waals surface area (Å²) in [5.41, 5.74) is -2.41. The third-order valence-corrected chi connectivity index (χ3v) is 6.44. The van der Waals surface area contributed by atoms with E-state index in [-0.39, 0.29) is 17.0 Å². The van der Waals surface area contributed by atoms with Crippen molar-refractivity contribution in [3.63, 3.8) is 0 Å². The van der Waals surface area contributed by atoms with Crippen molar-refractivity contribution in [2.24, 2.45) is 0 Å². The Morgan fingerprint density at radius 2 is 1.35 bits per heavy atom. The van der Waals surface area contributed by atoms with E-state index in [2.05, 4.69) is 15.5 Å². The molecule has 1 N–H and O–H groups in total. The smallest absolute Gasteiger partial charge is 0.416 e. The molecule has 0 aliphatic carbocycles. The third-order valence-electron chi connectivity index (χ3n) is 5.52. The van der Waals surface area contributed by atoms with Gasteiger partial charge in [-0.05, 0) is 66.7 Å². The van der Waals surface area contributed by atoms with Crippen LogP contribution < -0.4 is 14.8 Å². The lowest BCUT2D eigenvalue weighted by molar-refractivity contribution is -0.143. The first-order valence-electron chi connectivity index (χ1n) is 11.4. The number of amides is 1. The van der Waals surface area contributed by atoms with Gasteiger partial charge in [-0.2, -0.15) is 26.3 Å². The zero-order valence-corrected chi connectivity index (χ0v) is 21.6. The zero-order chi connectivity index (χ0) is 29.1. The highest BCUT2D eigenvalue weighted by molar-refractivity contribution is 7.99. The van der Waals surface area contributed by atoms with Gasteiger partial charge in [0.05, 0.1) is 31.1 Å². The minimum absolute atomic E-state index is 0.0115. The number of methoxy groups -OCH3 is 2. The molecule has 0 aliphatic heterocycles. The predicted octanol–water partition coefficient (Wildman–Crippen LogP) is 6.72. The first-order chi connectivity index (χ1) is 18.9. The maximum atomic E-state index is 13.2. The Balaban J connectivity index is 1.61. The van der Waals surface area contributed by atoms with Crippen molar-refractivity contribution in [2.75, 3.05) is 25.3 Å². The Bertz CT molecular complexity index is 1450. The van der Waals surface area contributed by atoms with Crippen LogP contribution >= 0.6 is 11.8 Å². The highest BCUT2D eigenvalue weighted by Gasteiger charge is 2.37. The van der Waals surface area contributed by atoms with Crippen molar-refractivity contribution >= 4 is 23.4 Å². The molecule has 14 heteroatoms. The van der Waals surface area contributed by atoms with Crippen LogP contribution in [0.1, 0.15) is 11.1 Å². The standard InChI is InChI=1S/C26H20F6N4O3S/c1-38-20-7-3-15(4-8-20)23-34-35-24(36(23)19-5-9-21(39-2)10-6-19)40-14-22(37)33-18-12-16(25(27,28)29)11-17(13-18)26(30,31)32/h3-13H,14H2,1-2H3,(H,33,37). The number of carbonyl (C=O) groups is 1. The second-order valence-electron chi connectivity index (χ2n) is 8.20. The lowest BCUT2D eigenvalue weighted by Crippen LogP contribution is -2.17. The van der Waals surface area contributed by atoms with E-state index in [1.54, 1.807) is 53.1 Å². The number of hydrogen-bond acceptors (Lipinski definition) is 6. The molecule has 7 nitrogen and oxygen atoms in total. The van der Waals surface area contributed by atoms with Gasteiger partial charge in [0.25, 0.3) is 0 Å². The summed E-state index contributed by atoms with van der Waals surface area (Å²) in [5.74, 6) is 0.412. The molecule has 0 radical (unpaired) electrons. The van der Waals surface area contributed by atoms with Gasteiger partial charge < -0.3 is 14.8 Å².